The molecule has 1 aliphatic heterocycles. The van der Waals surface area contributed by atoms with Gasteiger partial charge in [0, 0.05) is 0 Å². The van der Waals surface area contributed by atoms with Gasteiger partial charge in [0.25, 0.3) is 0 Å². The van der Waals surface area contributed by atoms with Gasteiger partial charge in [-0.2, -0.15) is 0 Å². The number of hydrogen-bond donors (Lipinski definition) is 2. The average Bonchev–Trinajstić information content (AvgIpc) is 3.34. The first-order valence-electron chi connectivity index (χ1n) is 18.1. The van der Waals surface area contributed by atoms with Crippen LogP contribution in [0.5, 0.6) is 0 Å². The van der Waals surface area contributed by atoms with Gasteiger partial charge in [-0.15, -0.1) is 0 Å². The van der Waals surface area contributed by atoms with Crippen molar-refractivity contribution in [3.05, 3.63) is 0 Å². The third-order valence-electron chi connectivity index (χ3n) is 8.91. The summed E-state index contributed by atoms with van der Waals surface area (Å²) < 4.78 is 0. The SMILES string of the molecule is CCCCCCCCCCCCCC[PH](CCCCCC)(CCCCCC)CCCCCC.O=C1CNC(=O)N1. The molecule has 0 aromatic heterocycles. The minimum Gasteiger partial charge on any atom is -0.329 e. The summed E-state index contributed by atoms with van der Waals surface area (Å²) >= 11 is 0. The van der Waals surface area contributed by atoms with Gasteiger partial charge in [-0.1, -0.05) is 13.3 Å². The molecule has 1 fully saturated rings. The molecule has 1 rings (SSSR count). The summed E-state index contributed by atoms with van der Waals surface area (Å²) in [7, 11) is -1.04. The van der Waals surface area contributed by atoms with Crippen LogP contribution in [-0.2, 0) is 4.79 Å². The predicted molar refractivity (Wildman–Crippen MR) is 183 cm³/mol. The third-order valence-corrected chi connectivity index (χ3v) is 14.6. The van der Waals surface area contributed by atoms with Gasteiger partial charge >= 0.3 is 206 Å². The maximum atomic E-state index is 10.1. The molecule has 0 radical (unpaired) electrons. The van der Waals surface area contributed by atoms with Gasteiger partial charge in [-0.25, -0.2) is 4.79 Å². The van der Waals surface area contributed by atoms with Crippen LogP contribution in [0.4, 0.5) is 4.79 Å². The maximum absolute atomic E-state index is 10.1. The van der Waals surface area contributed by atoms with Crippen LogP contribution >= 0.6 is 7.26 Å². The minimum absolute atomic E-state index is 0.124. The summed E-state index contributed by atoms with van der Waals surface area (Å²) in [4.78, 5) is 20.1. The monoisotopic (exact) mass is 585 g/mol. The fourth-order valence-corrected chi connectivity index (χ4v) is 11.7. The van der Waals surface area contributed by atoms with E-state index in [-0.39, 0.29) is 12.5 Å². The van der Waals surface area contributed by atoms with Crippen LogP contribution in [0.2, 0.25) is 0 Å². The molecule has 4 nitrogen and oxygen atoms in total. The molecule has 0 spiro atoms. The standard InChI is InChI=1S/C32H69P.C3H4N2O2/c1-5-9-13-17-18-19-20-21-22-23-24-28-32-33(29-25-14-10-6-2,30-26-15-11-7-3)31-27-16-12-8-4;6-2-1-4-3(7)5-2/h33H,5-32H2,1-4H3;1H2,(H2,4,5,6,7). The van der Waals surface area contributed by atoms with Crippen molar-refractivity contribution in [2.24, 2.45) is 0 Å². The first-order chi connectivity index (χ1) is 19.5. The Morgan fingerprint density at radius 1 is 0.450 bits per heavy atom. The Morgan fingerprint density at radius 3 is 0.950 bits per heavy atom. The quantitative estimate of drug-likeness (QED) is 0.0546. The summed E-state index contributed by atoms with van der Waals surface area (Å²) in [5, 5.41) is 4.30. The Balaban J connectivity index is 0.00000187. The fraction of sp³-hybridized carbons (Fsp3) is 0.943. The zero-order valence-electron chi connectivity index (χ0n) is 27.8. The van der Waals surface area contributed by atoms with Crippen molar-refractivity contribution in [3.63, 3.8) is 0 Å². The van der Waals surface area contributed by atoms with Gasteiger partial charge in [0.2, 0.25) is 5.91 Å². The first kappa shape index (κ1) is 39.4. The van der Waals surface area contributed by atoms with E-state index in [4.69, 9.17) is 0 Å². The Morgan fingerprint density at radius 2 is 0.725 bits per heavy atom. The summed E-state index contributed by atoms with van der Waals surface area (Å²) in [5.41, 5.74) is 0. The summed E-state index contributed by atoms with van der Waals surface area (Å²) in [6.07, 6.45) is 42.3. The fourth-order valence-electron chi connectivity index (χ4n) is 6.25. The van der Waals surface area contributed by atoms with Gasteiger partial charge in [-0.3, -0.25) is 10.1 Å². The van der Waals surface area contributed by atoms with Crippen LogP contribution in [0.15, 0.2) is 0 Å². The van der Waals surface area contributed by atoms with Crippen molar-refractivity contribution in [1.82, 2.24) is 10.6 Å². The predicted octanol–water partition coefficient (Wildman–Crippen LogP) is 11.0. The van der Waals surface area contributed by atoms with E-state index in [9.17, 15) is 9.59 Å². The zero-order chi connectivity index (χ0) is 29.6. The van der Waals surface area contributed by atoms with Gasteiger partial charge in [0.05, 0.1) is 6.54 Å². The second kappa shape index (κ2) is 29.8. The van der Waals surface area contributed by atoms with E-state index in [0.717, 1.165) is 0 Å². The van der Waals surface area contributed by atoms with E-state index < -0.39 is 13.3 Å². The largest absolute Gasteiger partial charge is 0.329 e. The van der Waals surface area contributed by atoms with Crippen molar-refractivity contribution in [1.29, 1.82) is 0 Å². The molecule has 0 unspecified atom stereocenters. The van der Waals surface area contributed by atoms with Crippen LogP contribution in [0, 0.1) is 0 Å². The van der Waals surface area contributed by atoms with Gasteiger partial charge in [-0.05, 0) is 0 Å². The average molecular weight is 585 g/mol. The topological polar surface area (TPSA) is 58.2 Å². The van der Waals surface area contributed by atoms with Gasteiger partial charge in [0.15, 0.2) is 0 Å². The van der Waals surface area contributed by atoms with E-state index in [1.807, 2.05) is 5.32 Å². The molecule has 5 heteroatoms. The van der Waals surface area contributed by atoms with Crippen molar-refractivity contribution in [2.45, 2.75) is 182 Å². The number of unbranched alkanes of at least 4 members (excludes halogenated alkanes) is 20. The normalized spacial score (nSPS) is 13.6. The molecule has 3 amide bonds. The molecule has 40 heavy (non-hydrogen) atoms. The number of rotatable bonds is 28. The molecule has 0 bridgehead atoms. The Bertz CT molecular complexity index is 524. The number of amides is 3. The number of carbonyl (C=O) groups excluding carboxylic acids is 2. The molecule has 1 aliphatic rings. The molecule has 2 N–H and O–H groups in total. The van der Waals surface area contributed by atoms with Crippen LogP contribution in [0.25, 0.3) is 0 Å². The van der Waals surface area contributed by atoms with E-state index >= 15 is 0 Å². The molecule has 1 heterocycles. The van der Waals surface area contributed by atoms with Crippen molar-refractivity contribution >= 4 is 19.2 Å². The number of nitrogens with one attached hydrogen (secondary N) is 2. The minimum atomic E-state index is -1.04. The Kier molecular flexibility index (Phi) is 29.4. The summed E-state index contributed by atoms with van der Waals surface area (Å²) in [6.45, 7) is 9.54. The second-order valence-electron chi connectivity index (χ2n) is 12.8. The summed E-state index contributed by atoms with van der Waals surface area (Å²) in [6, 6.07) is -0.398. The van der Waals surface area contributed by atoms with Crippen LogP contribution in [0.3, 0.4) is 0 Å². The van der Waals surface area contributed by atoms with E-state index in [0.29, 0.717) is 0 Å². The maximum Gasteiger partial charge on any atom is 0.321 e. The second-order valence-corrected chi connectivity index (χ2v) is 17.8. The zero-order valence-corrected chi connectivity index (χ0v) is 28.8. The third kappa shape index (κ3) is 25.1. The van der Waals surface area contributed by atoms with Crippen LogP contribution < -0.4 is 10.6 Å². The molecule has 0 atom stereocenters. The number of urea groups is 1. The number of hydrogen-bond acceptors (Lipinski definition) is 2. The first-order valence-corrected chi connectivity index (χ1v) is 20.9. The van der Waals surface area contributed by atoms with Crippen LogP contribution in [0.1, 0.15) is 182 Å². The Labute approximate surface area is 252 Å². The van der Waals surface area contributed by atoms with Crippen molar-refractivity contribution in [3.8, 4) is 0 Å². The van der Waals surface area contributed by atoms with Gasteiger partial charge < -0.3 is 5.32 Å². The number of imide groups is 1. The molecule has 0 saturated carbocycles. The van der Waals surface area contributed by atoms with E-state index in [2.05, 4.69) is 33.0 Å². The summed E-state index contributed by atoms with van der Waals surface area (Å²) in [5.74, 6) is -0.259. The number of carbonyl (C=O) groups is 2. The molecule has 0 aromatic carbocycles. The molecule has 1 saturated heterocycles. The van der Waals surface area contributed by atoms with Crippen molar-refractivity contribution < 1.29 is 9.59 Å². The van der Waals surface area contributed by atoms with E-state index in [1.165, 1.54) is 128 Å². The van der Waals surface area contributed by atoms with Crippen LogP contribution in [-0.4, -0.2) is 43.1 Å². The molecular weight excluding hydrogens is 511 g/mol. The molecule has 0 aliphatic carbocycles. The molecular formula is C35H73N2O2P. The van der Waals surface area contributed by atoms with E-state index in [1.54, 1.807) is 50.3 Å². The Hall–Kier alpha value is -0.630. The van der Waals surface area contributed by atoms with Crippen molar-refractivity contribution in [2.75, 3.05) is 31.2 Å². The molecule has 0 aromatic rings. The smallest absolute Gasteiger partial charge is 0.321 e. The molecule has 240 valence electrons. The van der Waals surface area contributed by atoms with Gasteiger partial charge in [0.1, 0.15) is 0 Å².